The van der Waals surface area contributed by atoms with Gasteiger partial charge in [0, 0.05) is 24.2 Å². The summed E-state index contributed by atoms with van der Waals surface area (Å²) >= 11 is 0. The third-order valence-corrected chi connectivity index (χ3v) is 2.38. The number of rotatable bonds is 7. The van der Waals surface area contributed by atoms with Crippen LogP contribution in [0.2, 0.25) is 0 Å². The molecular formula is C12H18FNO3. The molecule has 17 heavy (non-hydrogen) atoms. The Bertz CT molecular complexity index is 347. The first-order valence-electron chi connectivity index (χ1n) is 5.55. The molecule has 0 aromatic heterocycles. The number of halogens is 1. The number of hydrogen-bond acceptors (Lipinski definition) is 4. The Morgan fingerprint density at radius 1 is 1.41 bits per heavy atom. The van der Waals surface area contributed by atoms with Crippen LogP contribution in [0.15, 0.2) is 18.2 Å². The Morgan fingerprint density at radius 2 is 2.18 bits per heavy atom. The minimum absolute atomic E-state index is 0.00213. The van der Waals surface area contributed by atoms with Gasteiger partial charge in [-0.15, -0.1) is 0 Å². The molecule has 0 saturated carbocycles. The molecule has 0 amide bonds. The molecule has 1 rings (SSSR count). The van der Waals surface area contributed by atoms with Crippen molar-refractivity contribution in [3.05, 3.63) is 29.6 Å². The molecule has 1 aromatic rings. The van der Waals surface area contributed by atoms with Crippen LogP contribution in [0.5, 0.6) is 5.75 Å². The Balaban J connectivity index is 2.38. The Labute approximate surface area is 100 Å². The zero-order valence-electron chi connectivity index (χ0n) is 9.82. The quantitative estimate of drug-likeness (QED) is 0.630. The molecule has 0 spiro atoms. The second kappa shape index (κ2) is 7.21. The second-order valence-electron chi connectivity index (χ2n) is 3.72. The molecule has 0 heterocycles. The summed E-state index contributed by atoms with van der Waals surface area (Å²) in [5.74, 6) is -0.508. The molecule has 3 N–H and O–H groups in total. The summed E-state index contributed by atoms with van der Waals surface area (Å²) in [6.07, 6.45) is 0. The van der Waals surface area contributed by atoms with E-state index in [-0.39, 0.29) is 18.4 Å². The number of aliphatic hydroxyl groups excluding tert-OH is 1. The molecule has 0 aliphatic heterocycles. The second-order valence-corrected chi connectivity index (χ2v) is 3.72. The lowest BCUT2D eigenvalue weighted by molar-refractivity contribution is 0.0928. The number of ether oxygens (including phenoxy) is 1. The van der Waals surface area contributed by atoms with Crippen LogP contribution < -0.4 is 5.32 Å². The van der Waals surface area contributed by atoms with E-state index in [1.807, 2.05) is 6.92 Å². The van der Waals surface area contributed by atoms with Crippen LogP contribution >= 0.6 is 0 Å². The van der Waals surface area contributed by atoms with Crippen LogP contribution in [0.1, 0.15) is 18.5 Å². The van der Waals surface area contributed by atoms with Crippen molar-refractivity contribution in [1.82, 2.24) is 5.32 Å². The summed E-state index contributed by atoms with van der Waals surface area (Å²) in [7, 11) is 0. The minimum Gasteiger partial charge on any atom is -0.508 e. The maximum absolute atomic E-state index is 13.5. The van der Waals surface area contributed by atoms with Gasteiger partial charge in [-0.05, 0) is 13.0 Å². The Morgan fingerprint density at radius 3 is 2.82 bits per heavy atom. The van der Waals surface area contributed by atoms with Crippen LogP contribution in [0.25, 0.3) is 0 Å². The fourth-order valence-electron chi connectivity index (χ4n) is 1.49. The molecule has 5 heteroatoms. The maximum atomic E-state index is 13.5. The van der Waals surface area contributed by atoms with Gasteiger partial charge in [-0.3, -0.25) is 0 Å². The van der Waals surface area contributed by atoms with Crippen molar-refractivity contribution in [1.29, 1.82) is 0 Å². The van der Waals surface area contributed by atoms with E-state index in [9.17, 15) is 4.39 Å². The van der Waals surface area contributed by atoms with Gasteiger partial charge in [-0.1, -0.05) is 6.07 Å². The number of benzene rings is 1. The zero-order chi connectivity index (χ0) is 12.7. The molecule has 1 atom stereocenters. The Kier molecular flexibility index (Phi) is 5.90. The average Bonchev–Trinajstić information content (AvgIpc) is 2.28. The van der Waals surface area contributed by atoms with Crippen molar-refractivity contribution >= 4 is 0 Å². The summed E-state index contributed by atoms with van der Waals surface area (Å²) in [4.78, 5) is 0. The first kappa shape index (κ1) is 13.9. The molecule has 1 unspecified atom stereocenters. The molecule has 0 fully saturated rings. The van der Waals surface area contributed by atoms with E-state index in [4.69, 9.17) is 14.9 Å². The monoisotopic (exact) mass is 243 g/mol. The van der Waals surface area contributed by atoms with Crippen molar-refractivity contribution in [2.24, 2.45) is 0 Å². The maximum Gasteiger partial charge on any atom is 0.131 e. The van der Waals surface area contributed by atoms with Gasteiger partial charge < -0.3 is 20.3 Å². The Hall–Kier alpha value is -1.17. The molecular weight excluding hydrogens is 225 g/mol. The van der Waals surface area contributed by atoms with E-state index in [0.29, 0.717) is 25.3 Å². The van der Waals surface area contributed by atoms with E-state index < -0.39 is 5.82 Å². The van der Waals surface area contributed by atoms with E-state index >= 15 is 0 Å². The van der Waals surface area contributed by atoms with Gasteiger partial charge >= 0.3 is 0 Å². The summed E-state index contributed by atoms with van der Waals surface area (Å²) in [6.45, 7) is 3.18. The zero-order valence-corrected chi connectivity index (χ0v) is 9.82. The first-order chi connectivity index (χ1) is 8.15. The fourth-order valence-corrected chi connectivity index (χ4v) is 1.49. The molecule has 0 aliphatic carbocycles. The molecule has 4 nitrogen and oxygen atoms in total. The van der Waals surface area contributed by atoms with Crippen molar-refractivity contribution in [3.8, 4) is 5.75 Å². The number of hydrogen-bond donors (Lipinski definition) is 3. The number of nitrogens with one attached hydrogen (secondary N) is 1. The molecule has 0 bridgehead atoms. The van der Waals surface area contributed by atoms with Crippen LogP contribution in [-0.4, -0.2) is 36.6 Å². The van der Waals surface area contributed by atoms with Gasteiger partial charge in [0.1, 0.15) is 11.6 Å². The largest absolute Gasteiger partial charge is 0.508 e. The van der Waals surface area contributed by atoms with Gasteiger partial charge in [0.2, 0.25) is 0 Å². The molecule has 0 aliphatic rings. The summed E-state index contributed by atoms with van der Waals surface area (Å²) < 4.78 is 18.5. The predicted octanol–water partition coefficient (Wildman–Crippen LogP) is 1.19. The number of phenolic OH excluding ortho intramolecular Hbond substituents is 1. The summed E-state index contributed by atoms with van der Waals surface area (Å²) in [6, 6.07) is 3.94. The van der Waals surface area contributed by atoms with E-state index in [2.05, 4.69) is 5.32 Å². The predicted molar refractivity (Wildman–Crippen MR) is 62.4 cm³/mol. The highest BCUT2D eigenvalue weighted by Gasteiger charge is 2.10. The van der Waals surface area contributed by atoms with Crippen LogP contribution in [-0.2, 0) is 4.74 Å². The van der Waals surface area contributed by atoms with Gasteiger partial charge in [-0.25, -0.2) is 4.39 Å². The lowest BCUT2D eigenvalue weighted by Gasteiger charge is -2.15. The van der Waals surface area contributed by atoms with Crippen LogP contribution in [0, 0.1) is 5.82 Å². The SMILES string of the molecule is CC(NCCOCCO)c1ccc(O)cc1F. The third kappa shape index (κ3) is 4.68. The van der Waals surface area contributed by atoms with Gasteiger partial charge in [0.25, 0.3) is 0 Å². The van der Waals surface area contributed by atoms with Crippen molar-refractivity contribution < 1.29 is 19.3 Å². The topological polar surface area (TPSA) is 61.7 Å². The summed E-state index contributed by atoms with van der Waals surface area (Å²) in [5, 5.41) is 20.7. The van der Waals surface area contributed by atoms with Crippen molar-refractivity contribution in [2.45, 2.75) is 13.0 Å². The highest BCUT2D eigenvalue weighted by molar-refractivity contribution is 5.29. The van der Waals surface area contributed by atoms with E-state index in [0.717, 1.165) is 6.07 Å². The smallest absolute Gasteiger partial charge is 0.131 e. The highest BCUT2D eigenvalue weighted by atomic mass is 19.1. The standard InChI is InChI=1S/C12H18FNO3/c1-9(14-4-6-17-7-5-15)11-3-2-10(16)8-12(11)13/h2-3,8-9,14-16H,4-7H2,1H3. The third-order valence-electron chi connectivity index (χ3n) is 2.38. The average molecular weight is 243 g/mol. The fraction of sp³-hybridized carbons (Fsp3) is 0.500. The van der Waals surface area contributed by atoms with Gasteiger partial charge in [0.05, 0.1) is 19.8 Å². The normalized spacial score (nSPS) is 12.6. The van der Waals surface area contributed by atoms with Gasteiger partial charge in [0.15, 0.2) is 0 Å². The molecule has 96 valence electrons. The number of aromatic hydroxyl groups is 1. The molecule has 1 aromatic carbocycles. The first-order valence-corrected chi connectivity index (χ1v) is 5.55. The van der Waals surface area contributed by atoms with E-state index in [1.54, 1.807) is 6.07 Å². The highest BCUT2D eigenvalue weighted by Crippen LogP contribution is 2.20. The molecule has 0 saturated heterocycles. The van der Waals surface area contributed by atoms with Crippen LogP contribution in [0.4, 0.5) is 4.39 Å². The van der Waals surface area contributed by atoms with Crippen LogP contribution in [0.3, 0.4) is 0 Å². The molecule has 0 radical (unpaired) electrons. The van der Waals surface area contributed by atoms with Gasteiger partial charge in [-0.2, -0.15) is 0 Å². The minimum atomic E-state index is -0.429. The van der Waals surface area contributed by atoms with Crippen molar-refractivity contribution in [2.75, 3.05) is 26.4 Å². The van der Waals surface area contributed by atoms with Crippen molar-refractivity contribution in [3.63, 3.8) is 0 Å². The lowest BCUT2D eigenvalue weighted by Crippen LogP contribution is -2.24. The number of aliphatic hydroxyl groups is 1. The summed E-state index contributed by atoms with van der Waals surface area (Å²) in [5.41, 5.74) is 0.505. The number of phenols is 1. The van der Waals surface area contributed by atoms with E-state index in [1.165, 1.54) is 6.07 Å². The lowest BCUT2D eigenvalue weighted by atomic mass is 10.1.